The standard InChI is InChI=1S/C18H14ClNO3/c1-2-22-16-9-8-14(19)10-13(16)11-15-18(21)23-17(20-15)12-6-4-3-5-7-12/h3-11H,2H2,1H3/b15-11+. The van der Waals surface area contributed by atoms with Crippen molar-refractivity contribution in [3.63, 3.8) is 0 Å². The molecule has 1 aliphatic rings. The maximum atomic E-state index is 12.0. The molecular weight excluding hydrogens is 314 g/mol. The number of hydrogen-bond donors (Lipinski definition) is 0. The van der Waals surface area contributed by atoms with Gasteiger partial charge in [0.05, 0.1) is 6.61 Å². The highest BCUT2D eigenvalue weighted by Crippen LogP contribution is 2.27. The molecule has 2 aromatic carbocycles. The molecule has 116 valence electrons. The molecule has 1 aliphatic heterocycles. The highest BCUT2D eigenvalue weighted by atomic mass is 35.5. The highest BCUT2D eigenvalue weighted by molar-refractivity contribution is 6.30. The zero-order valence-corrected chi connectivity index (χ0v) is 13.2. The SMILES string of the molecule is CCOc1ccc(Cl)cc1/C=C1/N=C(c2ccccc2)OC1=O. The van der Waals surface area contributed by atoms with Crippen LogP contribution in [0.25, 0.3) is 6.08 Å². The summed E-state index contributed by atoms with van der Waals surface area (Å²) in [7, 11) is 0. The van der Waals surface area contributed by atoms with Gasteiger partial charge >= 0.3 is 5.97 Å². The topological polar surface area (TPSA) is 47.9 Å². The molecule has 0 saturated heterocycles. The zero-order valence-electron chi connectivity index (χ0n) is 12.5. The molecule has 0 saturated carbocycles. The van der Waals surface area contributed by atoms with Gasteiger partial charge in [-0.1, -0.05) is 29.8 Å². The van der Waals surface area contributed by atoms with Crippen molar-refractivity contribution in [1.82, 2.24) is 0 Å². The number of hydrogen-bond acceptors (Lipinski definition) is 4. The number of nitrogens with zero attached hydrogens (tertiary/aromatic N) is 1. The predicted molar refractivity (Wildman–Crippen MR) is 89.7 cm³/mol. The van der Waals surface area contributed by atoms with E-state index in [-0.39, 0.29) is 5.70 Å². The van der Waals surface area contributed by atoms with Gasteiger partial charge in [-0.2, -0.15) is 0 Å². The normalized spacial score (nSPS) is 15.5. The van der Waals surface area contributed by atoms with Gasteiger partial charge < -0.3 is 9.47 Å². The Bertz CT molecular complexity index is 797. The zero-order chi connectivity index (χ0) is 16.2. The summed E-state index contributed by atoms with van der Waals surface area (Å²) in [6.45, 7) is 2.40. The maximum Gasteiger partial charge on any atom is 0.363 e. The number of ether oxygens (including phenoxy) is 2. The smallest absolute Gasteiger partial charge is 0.363 e. The molecule has 0 spiro atoms. The Kier molecular flexibility index (Phi) is 4.44. The Morgan fingerprint density at radius 1 is 1.22 bits per heavy atom. The van der Waals surface area contributed by atoms with E-state index in [1.807, 2.05) is 37.3 Å². The lowest BCUT2D eigenvalue weighted by Crippen LogP contribution is -2.05. The number of carbonyl (C=O) groups excluding carboxylic acids is 1. The third kappa shape index (κ3) is 3.43. The minimum Gasteiger partial charge on any atom is -0.493 e. The van der Waals surface area contributed by atoms with E-state index in [1.54, 1.807) is 24.3 Å². The minimum absolute atomic E-state index is 0.215. The van der Waals surface area contributed by atoms with Crippen molar-refractivity contribution in [3.8, 4) is 5.75 Å². The second-order valence-corrected chi connectivity index (χ2v) is 5.25. The monoisotopic (exact) mass is 327 g/mol. The molecule has 0 unspecified atom stereocenters. The number of benzene rings is 2. The summed E-state index contributed by atoms with van der Waals surface area (Å²) in [5.74, 6) is 0.439. The third-order valence-corrected chi connectivity index (χ3v) is 3.44. The van der Waals surface area contributed by atoms with Crippen molar-refractivity contribution in [3.05, 3.63) is 70.4 Å². The van der Waals surface area contributed by atoms with E-state index in [0.717, 1.165) is 5.56 Å². The van der Waals surface area contributed by atoms with Crippen LogP contribution in [0.5, 0.6) is 5.75 Å². The third-order valence-electron chi connectivity index (χ3n) is 3.21. The van der Waals surface area contributed by atoms with E-state index < -0.39 is 5.97 Å². The van der Waals surface area contributed by atoms with Crippen molar-refractivity contribution < 1.29 is 14.3 Å². The number of esters is 1. The minimum atomic E-state index is -0.494. The van der Waals surface area contributed by atoms with Gasteiger partial charge in [0.15, 0.2) is 5.70 Å². The van der Waals surface area contributed by atoms with Crippen LogP contribution in [0.2, 0.25) is 5.02 Å². The Morgan fingerprint density at radius 2 is 2.00 bits per heavy atom. The average molecular weight is 328 g/mol. The Labute approximate surface area is 139 Å². The van der Waals surface area contributed by atoms with Gasteiger partial charge in [0, 0.05) is 16.1 Å². The van der Waals surface area contributed by atoms with Gasteiger partial charge in [0.2, 0.25) is 5.90 Å². The lowest BCUT2D eigenvalue weighted by molar-refractivity contribution is -0.129. The van der Waals surface area contributed by atoms with Crippen molar-refractivity contribution in [2.24, 2.45) is 4.99 Å². The first-order valence-corrected chi connectivity index (χ1v) is 7.55. The van der Waals surface area contributed by atoms with Crippen molar-refractivity contribution >= 4 is 29.5 Å². The van der Waals surface area contributed by atoms with Crippen molar-refractivity contribution in [2.75, 3.05) is 6.61 Å². The lowest BCUT2D eigenvalue weighted by Gasteiger charge is -2.07. The molecule has 0 N–H and O–H groups in total. The summed E-state index contributed by atoms with van der Waals surface area (Å²) in [6, 6.07) is 14.5. The first-order valence-electron chi connectivity index (χ1n) is 7.17. The van der Waals surface area contributed by atoms with Crippen LogP contribution in [-0.2, 0) is 9.53 Å². The molecule has 23 heavy (non-hydrogen) atoms. The van der Waals surface area contributed by atoms with Gasteiger partial charge in [-0.3, -0.25) is 0 Å². The summed E-state index contributed by atoms with van der Waals surface area (Å²) in [5, 5.41) is 0.555. The molecule has 5 heteroatoms. The summed E-state index contributed by atoms with van der Waals surface area (Å²) in [4.78, 5) is 16.3. The first kappa shape index (κ1) is 15.3. The number of aliphatic imine (C=N–C) groups is 1. The maximum absolute atomic E-state index is 12.0. The fraction of sp³-hybridized carbons (Fsp3) is 0.111. The number of rotatable bonds is 4. The first-order chi connectivity index (χ1) is 11.2. The van der Waals surface area contributed by atoms with E-state index >= 15 is 0 Å². The van der Waals surface area contributed by atoms with Gasteiger partial charge in [0.1, 0.15) is 5.75 Å². The van der Waals surface area contributed by atoms with Gasteiger partial charge in [-0.15, -0.1) is 0 Å². The Hall–Kier alpha value is -2.59. The van der Waals surface area contributed by atoms with Crippen LogP contribution in [0.3, 0.4) is 0 Å². The average Bonchev–Trinajstić information content (AvgIpc) is 2.92. The van der Waals surface area contributed by atoms with Gasteiger partial charge in [0.25, 0.3) is 0 Å². The van der Waals surface area contributed by atoms with E-state index in [9.17, 15) is 4.79 Å². The Balaban J connectivity index is 1.98. The summed E-state index contributed by atoms with van der Waals surface area (Å²) in [6.07, 6.45) is 1.62. The van der Waals surface area contributed by atoms with Gasteiger partial charge in [-0.05, 0) is 43.3 Å². The van der Waals surface area contributed by atoms with E-state index in [2.05, 4.69) is 4.99 Å². The van der Waals surface area contributed by atoms with E-state index in [1.165, 1.54) is 0 Å². The van der Waals surface area contributed by atoms with Crippen LogP contribution in [0.4, 0.5) is 0 Å². The summed E-state index contributed by atoms with van der Waals surface area (Å²) in [5.41, 5.74) is 1.65. The van der Waals surface area contributed by atoms with Crippen LogP contribution in [0.15, 0.2) is 59.2 Å². The number of carbonyl (C=O) groups is 1. The molecular formula is C18H14ClNO3. The molecule has 0 amide bonds. The largest absolute Gasteiger partial charge is 0.493 e. The molecule has 0 radical (unpaired) electrons. The molecule has 0 aliphatic carbocycles. The molecule has 4 nitrogen and oxygen atoms in total. The fourth-order valence-corrected chi connectivity index (χ4v) is 2.36. The number of halogens is 1. The quantitative estimate of drug-likeness (QED) is 0.628. The highest BCUT2D eigenvalue weighted by Gasteiger charge is 2.24. The van der Waals surface area contributed by atoms with Crippen LogP contribution < -0.4 is 4.74 Å². The lowest BCUT2D eigenvalue weighted by atomic mass is 10.1. The Morgan fingerprint density at radius 3 is 2.74 bits per heavy atom. The van der Waals surface area contributed by atoms with Gasteiger partial charge in [-0.25, -0.2) is 9.79 Å². The number of cyclic esters (lactones) is 1. The molecule has 0 bridgehead atoms. The molecule has 0 aromatic heterocycles. The second-order valence-electron chi connectivity index (χ2n) is 4.82. The predicted octanol–water partition coefficient (Wildman–Crippen LogP) is 4.08. The van der Waals surface area contributed by atoms with Crippen LogP contribution in [-0.4, -0.2) is 18.5 Å². The van der Waals surface area contributed by atoms with Crippen LogP contribution in [0, 0.1) is 0 Å². The summed E-state index contributed by atoms with van der Waals surface area (Å²) < 4.78 is 10.8. The molecule has 3 rings (SSSR count). The van der Waals surface area contributed by atoms with E-state index in [4.69, 9.17) is 21.1 Å². The van der Waals surface area contributed by atoms with Crippen LogP contribution >= 0.6 is 11.6 Å². The van der Waals surface area contributed by atoms with Crippen molar-refractivity contribution in [2.45, 2.75) is 6.92 Å². The fourth-order valence-electron chi connectivity index (χ4n) is 2.18. The van der Waals surface area contributed by atoms with Crippen LogP contribution in [0.1, 0.15) is 18.1 Å². The van der Waals surface area contributed by atoms with E-state index in [0.29, 0.717) is 28.8 Å². The molecule has 0 atom stereocenters. The molecule has 1 heterocycles. The molecule has 2 aromatic rings. The second kappa shape index (κ2) is 6.67. The molecule has 0 fully saturated rings. The van der Waals surface area contributed by atoms with Crippen molar-refractivity contribution in [1.29, 1.82) is 0 Å². The summed E-state index contributed by atoms with van der Waals surface area (Å²) >= 11 is 6.03.